The van der Waals surface area contributed by atoms with Crippen LogP contribution in [-0.4, -0.2) is 59.5 Å². The number of carbonyl (C=O) groups excluding carboxylic acids is 1. The summed E-state index contributed by atoms with van der Waals surface area (Å²) in [6.45, 7) is 4.90. The molecule has 0 radical (unpaired) electrons. The summed E-state index contributed by atoms with van der Waals surface area (Å²) < 4.78 is 6.90. The van der Waals surface area contributed by atoms with Gasteiger partial charge in [-0.05, 0) is 91.3 Å². The van der Waals surface area contributed by atoms with Gasteiger partial charge in [-0.25, -0.2) is 4.79 Å². The van der Waals surface area contributed by atoms with Crippen LogP contribution in [0.4, 0.5) is 0 Å². The molecule has 43 heavy (non-hydrogen) atoms. The number of hydrogen-bond acceptors (Lipinski definition) is 4. The van der Waals surface area contributed by atoms with Gasteiger partial charge in [0, 0.05) is 5.56 Å². The van der Waals surface area contributed by atoms with Crippen molar-refractivity contribution in [3.05, 3.63) is 59.2 Å². The second kappa shape index (κ2) is 17.7. The summed E-state index contributed by atoms with van der Waals surface area (Å²) in [4.78, 5) is 25.3. The molecule has 0 saturated heterocycles. The van der Waals surface area contributed by atoms with Crippen LogP contribution in [0.3, 0.4) is 0 Å². The van der Waals surface area contributed by atoms with E-state index in [4.69, 9.17) is 4.74 Å². The Hall–Kier alpha value is -1.71. The fourth-order valence-corrected chi connectivity index (χ4v) is 7.64. The molecule has 2 N–H and O–H groups in total. The maximum atomic E-state index is 13.5. The summed E-state index contributed by atoms with van der Waals surface area (Å²) in [5.41, 5.74) is 4.25. The quantitative estimate of drug-likeness (QED) is 0.214. The Morgan fingerprint density at radius 1 is 0.953 bits per heavy atom. The van der Waals surface area contributed by atoms with Crippen LogP contribution >= 0.6 is 11.8 Å². The second-order valence-corrected chi connectivity index (χ2v) is 14.0. The molecule has 7 heteroatoms. The molecular weight excluding hydrogens is 549 g/mol. The number of nitrogens with one attached hydrogen (secondary N) is 1. The van der Waals surface area contributed by atoms with Crippen LogP contribution in [0.25, 0.3) is 11.1 Å². The molecule has 2 saturated carbocycles. The van der Waals surface area contributed by atoms with Crippen LogP contribution in [0.2, 0.25) is 0 Å². The number of amides is 1. The number of aryl methyl sites for hydroxylation is 1. The van der Waals surface area contributed by atoms with Crippen molar-refractivity contribution in [2.24, 2.45) is 11.8 Å². The second-order valence-electron chi connectivity index (χ2n) is 13.0. The van der Waals surface area contributed by atoms with Crippen LogP contribution in [0.15, 0.2) is 42.5 Å². The van der Waals surface area contributed by atoms with E-state index in [1.165, 1.54) is 64.2 Å². The number of ether oxygens (including phenoxy) is 1. The van der Waals surface area contributed by atoms with Crippen LogP contribution in [-0.2, 0) is 16.1 Å². The first-order valence-electron chi connectivity index (χ1n) is 16.1. The minimum absolute atomic E-state index is 0. The molecule has 1 atom stereocenters. The number of rotatable bonds is 14. The van der Waals surface area contributed by atoms with E-state index in [2.05, 4.69) is 18.3 Å². The Labute approximate surface area is 275 Å². The molecule has 2 aliphatic rings. The third kappa shape index (κ3) is 10.7. The molecular formula is C36H52LiNO4S. The summed E-state index contributed by atoms with van der Waals surface area (Å²) in [7, 11) is 0. The maximum absolute atomic E-state index is 13.5. The molecule has 0 spiro atoms. The van der Waals surface area contributed by atoms with E-state index in [0.29, 0.717) is 24.3 Å². The van der Waals surface area contributed by atoms with Crippen LogP contribution in [0.1, 0.15) is 112 Å². The van der Waals surface area contributed by atoms with E-state index in [9.17, 15) is 14.7 Å². The summed E-state index contributed by atoms with van der Waals surface area (Å²) >= 11 is 1.57. The normalized spacial score (nSPS) is 17.2. The predicted octanol–water partition coefficient (Wildman–Crippen LogP) is 8.17. The fraction of sp³-hybridized carbons (Fsp3) is 0.611. The number of benzene rings is 2. The zero-order valence-electron chi connectivity index (χ0n) is 26.0. The Morgan fingerprint density at radius 3 is 2.12 bits per heavy atom. The van der Waals surface area contributed by atoms with Gasteiger partial charge in [0.1, 0.15) is 6.04 Å². The molecule has 0 bridgehead atoms. The predicted molar refractivity (Wildman–Crippen MR) is 181 cm³/mol. The van der Waals surface area contributed by atoms with Gasteiger partial charge >= 0.3 is 24.8 Å². The SMILES string of the molecule is CSCC[C@H](NC(=O)c1ccc(COC(C)(CC2CCCCC2)CC2CCCCC2)cc1-c1ccccc1C)C(=O)O.[LiH]. The molecule has 5 nitrogen and oxygen atoms in total. The monoisotopic (exact) mass is 601 g/mol. The van der Waals surface area contributed by atoms with Crippen molar-refractivity contribution in [2.45, 2.75) is 116 Å². The van der Waals surface area contributed by atoms with E-state index in [1.807, 2.05) is 49.6 Å². The number of carboxylic acid groups (broad SMARTS) is 1. The van der Waals surface area contributed by atoms with E-state index < -0.39 is 12.0 Å². The first-order valence-corrected chi connectivity index (χ1v) is 17.5. The zero-order chi connectivity index (χ0) is 30.0. The molecule has 0 aliphatic heterocycles. The molecule has 2 fully saturated rings. The Balaban J connectivity index is 0.00000506. The summed E-state index contributed by atoms with van der Waals surface area (Å²) in [6.07, 6.45) is 17.9. The zero-order valence-corrected chi connectivity index (χ0v) is 26.8. The van der Waals surface area contributed by atoms with E-state index >= 15 is 0 Å². The first kappa shape index (κ1) is 35.8. The molecule has 2 aromatic rings. The van der Waals surface area contributed by atoms with Gasteiger partial charge < -0.3 is 15.2 Å². The van der Waals surface area contributed by atoms with Crippen LogP contribution in [0, 0.1) is 18.8 Å². The van der Waals surface area contributed by atoms with Gasteiger partial charge in [-0.15, -0.1) is 0 Å². The number of carboxylic acids is 1. The number of carbonyl (C=O) groups is 2. The van der Waals surface area contributed by atoms with Gasteiger partial charge in [-0.1, -0.05) is 94.5 Å². The van der Waals surface area contributed by atoms with Crippen LogP contribution < -0.4 is 5.32 Å². The topological polar surface area (TPSA) is 75.6 Å². The Kier molecular flexibility index (Phi) is 14.7. The molecule has 232 valence electrons. The summed E-state index contributed by atoms with van der Waals surface area (Å²) in [5, 5.41) is 12.5. The van der Waals surface area contributed by atoms with Crippen molar-refractivity contribution in [1.82, 2.24) is 5.32 Å². The number of hydrogen-bond donors (Lipinski definition) is 2. The van der Waals surface area contributed by atoms with Gasteiger partial charge in [0.05, 0.1) is 12.2 Å². The van der Waals surface area contributed by atoms with Gasteiger partial charge in [0.25, 0.3) is 5.91 Å². The average Bonchev–Trinajstić information content (AvgIpc) is 2.99. The molecule has 1 amide bonds. The molecule has 2 aromatic carbocycles. The Morgan fingerprint density at radius 2 is 1.56 bits per heavy atom. The molecule has 4 rings (SSSR count). The van der Waals surface area contributed by atoms with Crippen molar-refractivity contribution in [3.63, 3.8) is 0 Å². The van der Waals surface area contributed by atoms with Crippen molar-refractivity contribution in [1.29, 1.82) is 0 Å². The van der Waals surface area contributed by atoms with E-state index in [1.54, 1.807) is 11.8 Å². The third-order valence-electron chi connectivity index (χ3n) is 9.46. The van der Waals surface area contributed by atoms with Crippen molar-refractivity contribution in [3.8, 4) is 11.1 Å². The standard InChI is InChI=1S/C36H51NO4S.Li.H/c1-26-12-10-11-17-30(26)32-22-29(18-19-31(32)34(38)37-33(35(39)40)20-21-42-3)25-41-36(2,23-27-13-6-4-7-14-27)24-28-15-8-5-9-16-28;;/h10-12,17-19,22,27-28,33H,4-9,13-16,20-21,23-25H2,1-3H3,(H,37,38)(H,39,40);;/t33-;;/m0../s1. The van der Waals surface area contributed by atoms with E-state index in [-0.39, 0.29) is 30.4 Å². The first-order chi connectivity index (χ1) is 20.3. The third-order valence-corrected chi connectivity index (χ3v) is 10.1. The van der Waals surface area contributed by atoms with Gasteiger partial charge in [-0.3, -0.25) is 4.79 Å². The van der Waals surface area contributed by atoms with Crippen LogP contribution in [0.5, 0.6) is 0 Å². The summed E-state index contributed by atoms with van der Waals surface area (Å²) in [6, 6.07) is 13.1. The van der Waals surface area contributed by atoms with Gasteiger partial charge in [-0.2, -0.15) is 11.8 Å². The average molecular weight is 602 g/mol. The van der Waals surface area contributed by atoms with Crippen molar-refractivity contribution in [2.75, 3.05) is 12.0 Å². The van der Waals surface area contributed by atoms with Gasteiger partial charge in [0.2, 0.25) is 0 Å². The molecule has 0 heterocycles. The Bertz CT molecular complexity index is 1160. The molecule has 0 aromatic heterocycles. The summed E-state index contributed by atoms with van der Waals surface area (Å²) in [5.74, 6) is 0.797. The van der Waals surface area contributed by atoms with Crippen molar-refractivity contribution < 1.29 is 19.4 Å². The fourth-order valence-electron chi connectivity index (χ4n) is 7.17. The van der Waals surface area contributed by atoms with E-state index in [0.717, 1.165) is 46.9 Å². The minimum atomic E-state index is -1.00. The van der Waals surface area contributed by atoms with Crippen molar-refractivity contribution >= 4 is 42.5 Å². The van der Waals surface area contributed by atoms with Gasteiger partial charge in [0.15, 0.2) is 0 Å². The molecule has 2 aliphatic carbocycles. The number of thioether (sulfide) groups is 1. The number of aliphatic carboxylic acids is 1. The molecule has 0 unspecified atom stereocenters.